The van der Waals surface area contributed by atoms with Crippen LogP contribution in [0.5, 0.6) is 5.75 Å². The zero-order valence-electron chi connectivity index (χ0n) is 12.0. The average molecular weight is 250 g/mol. The van der Waals surface area contributed by atoms with E-state index in [9.17, 15) is 0 Å². The van der Waals surface area contributed by atoms with E-state index in [0.717, 1.165) is 24.2 Å². The van der Waals surface area contributed by atoms with Crippen LogP contribution < -0.4 is 16.2 Å². The van der Waals surface area contributed by atoms with Crippen LogP contribution in [-0.4, -0.2) is 13.7 Å². The van der Waals surface area contributed by atoms with Gasteiger partial charge in [-0.3, -0.25) is 0 Å². The van der Waals surface area contributed by atoms with Gasteiger partial charge in [-0.15, -0.1) is 0 Å². The van der Waals surface area contributed by atoms with E-state index in [0.29, 0.717) is 6.54 Å². The van der Waals surface area contributed by atoms with Gasteiger partial charge in [0.05, 0.1) is 7.11 Å². The van der Waals surface area contributed by atoms with Crippen LogP contribution in [0.3, 0.4) is 0 Å². The second kappa shape index (κ2) is 6.21. The van der Waals surface area contributed by atoms with Crippen molar-refractivity contribution in [3.63, 3.8) is 0 Å². The monoisotopic (exact) mass is 250 g/mol. The summed E-state index contributed by atoms with van der Waals surface area (Å²) in [7, 11) is 1.70. The van der Waals surface area contributed by atoms with Crippen LogP contribution in [0, 0.1) is 5.41 Å². The Labute approximate surface area is 111 Å². The molecule has 0 saturated heterocycles. The molecule has 102 valence electrons. The van der Waals surface area contributed by atoms with Crippen molar-refractivity contribution in [2.75, 3.05) is 13.7 Å². The van der Waals surface area contributed by atoms with Gasteiger partial charge in [-0.2, -0.15) is 0 Å². The Hall–Kier alpha value is -1.06. The molecule has 1 aromatic carbocycles. The standard InChI is InChI=1S/C15H26N2O/c1-5-11-8-12(6-7-14(11)18-4)13(17)9-15(2,3)10-16/h6-8,13H,5,9-10,16-17H2,1-4H3. The Bertz CT molecular complexity index is 388. The maximum atomic E-state index is 6.28. The first-order valence-electron chi connectivity index (χ1n) is 6.56. The van der Waals surface area contributed by atoms with E-state index < -0.39 is 0 Å². The SMILES string of the molecule is CCc1cc(C(N)CC(C)(C)CN)ccc1OC. The molecule has 0 aliphatic carbocycles. The normalized spacial score (nSPS) is 13.4. The van der Waals surface area contributed by atoms with Crippen LogP contribution in [0.1, 0.15) is 44.4 Å². The van der Waals surface area contributed by atoms with Gasteiger partial charge in [-0.1, -0.05) is 32.9 Å². The average Bonchev–Trinajstić information content (AvgIpc) is 2.37. The largest absolute Gasteiger partial charge is 0.496 e. The minimum atomic E-state index is 0.0276. The molecule has 1 atom stereocenters. The summed E-state index contributed by atoms with van der Waals surface area (Å²) in [5.41, 5.74) is 14.5. The fourth-order valence-corrected chi connectivity index (χ4v) is 2.10. The van der Waals surface area contributed by atoms with Gasteiger partial charge in [0.2, 0.25) is 0 Å². The Kier molecular flexibility index (Phi) is 5.17. The summed E-state index contributed by atoms with van der Waals surface area (Å²) in [6, 6.07) is 6.23. The van der Waals surface area contributed by atoms with E-state index in [1.165, 1.54) is 5.56 Å². The van der Waals surface area contributed by atoms with Crippen LogP contribution >= 0.6 is 0 Å². The lowest BCUT2D eigenvalue weighted by Crippen LogP contribution is -2.28. The van der Waals surface area contributed by atoms with E-state index in [-0.39, 0.29) is 11.5 Å². The fraction of sp³-hybridized carbons (Fsp3) is 0.600. The van der Waals surface area contributed by atoms with Crippen molar-refractivity contribution in [1.82, 2.24) is 0 Å². The van der Waals surface area contributed by atoms with Gasteiger partial charge in [0.25, 0.3) is 0 Å². The number of methoxy groups -OCH3 is 1. The lowest BCUT2D eigenvalue weighted by Gasteiger charge is -2.26. The molecule has 0 radical (unpaired) electrons. The number of ether oxygens (including phenoxy) is 1. The minimum Gasteiger partial charge on any atom is -0.496 e. The van der Waals surface area contributed by atoms with E-state index in [4.69, 9.17) is 16.2 Å². The van der Waals surface area contributed by atoms with E-state index in [1.54, 1.807) is 7.11 Å². The molecule has 0 fully saturated rings. The quantitative estimate of drug-likeness (QED) is 0.816. The van der Waals surface area contributed by atoms with Crippen molar-refractivity contribution in [3.8, 4) is 5.75 Å². The number of hydrogen-bond acceptors (Lipinski definition) is 3. The summed E-state index contributed by atoms with van der Waals surface area (Å²) in [6.45, 7) is 7.07. The van der Waals surface area contributed by atoms with Crippen molar-refractivity contribution in [2.24, 2.45) is 16.9 Å². The first kappa shape index (κ1) is 15.0. The molecule has 0 aliphatic rings. The molecule has 0 saturated carbocycles. The highest BCUT2D eigenvalue weighted by atomic mass is 16.5. The molecule has 1 unspecified atom stereocenters. The lowest BCUT2D eigenvalue weighted by atomic mass is 9.83. The molecule has 1 aromatic rings. The fourth-order valence-electron chi connectivity index (χ4n) is 2.10. The van der Waals surface area contributed by atoms with Crippen LogP contribution in [0.15, 0.2) is 18.2 Å². The number of aryl methyl sites for hydroxylation is 1. The number of nitrogens with two attached hydrogens (primary N) is 2. The molecule has 3 heteroatoms. The third-order valence-corrected chi connectivity index (χ3v) is 3.44. The molecule has 0 aromatic heterocycles. The smallest absolute Gasteiger partial charge is 0.122 e. The van der Waals surface area contributed by atoms with Crippen LogP contribution in [0.2, 0.25) is 0 Å². The van der Waals surface area contributed by atoms with Crippen molar-refractivity contribution in [1.29, 1.82) is 0 Å². The summed E-state index contributed by atoms with van der Waals surface area (Å²) in [5.74, 6) is 0.937. The van der Waals surface area contributed by atoms with Crippen molar-refractivity contribution in [2.45, 2.75) is 39.7 Å². The molecule has 18 heavy (non-hydrogen) atoms. The summed E-state index contributed by atoms with van der Waals surface area (Å²) in [6.07, 6.45) is 1.84. The maximum Gasteiger partial charge on any atom is 0.122 e. The predicted octanol–water partition coefficient (Wildman–Crippen LogP) is 2.63. The summed E-state index contributed by atoms with van der Waals surface area (Å²) < 4.78 is 5.33. The van der Waals surface area contributed by atoms with Gasteiger partial charge < -0.3 is 16.2 Å². The first-order valence-corrected chi connectivity index (χ1v) is 6.56. The molecule has 0 bridgehead atoms. The van der Waals surface area contributed by atoms with Gasteiger partial charge in [-0.05, 0) is 42.0 Å². The van der Waals surface area contributed by atoms with Gasteiger partial charge >= 0.3 is 0 Å². The predicted molar refractivity (Wildman–Crippen MR) is 76.8 cm³/mol. The Morgan fingerprint density at radius 2 is 2.00 bits per heavy atom. The van der Waals surface area contributed by atoms with Gasteiger partial charge in [0, 0.05) is 6.04 Å². The second-order valence-corrected chi connectivity index (χ2v) is 5.60. The molecule has 0 spiro atoms. The lowest BCUT2D eigenvalue weighted by molar-refractivity contribution is 0.317. The highest BCUT2D eigenvalue weighted by Gasteiger charge is 2.21. The molecule has 3 nitrogen and oxygen atoms in total. The maximum absolute atomic E-state index is 6.28. The Morgan fingerprint density at radius 1 is 1.33 bits per heavy atom. The van der Waals surface area contributed by atoms with Gasteiger partial charge in [-0.25, -0.2) is 0 Å². The van der Waals surface area contributed by atoms with E-state index >= 15 is 0 Å². The summed E-state index contributed by atoms with van der Waals surface area (Å²) >= 11 is 0. The van der Waals surface area contributed by atoms with Gasteiger partial charge in [0.15, 0.2) is 0 Å². The summed E-state index contributed by atoms with van der Waals surface area (Å²) in [4.78, 5) is 0. The van der Waals surface area contributed by atoms with E-state index in [1.807, 2.05) is 6.07 Å². The number of benzene rings is 1. The second-order valence-electron chi connectivity index (χ2n) is 5.60. The van der Waals surface area contributed by atoms with Crippen LogP contribution in [-0.2, 0) is 6.42 Å². The molecule has 0 amide bonds. The topological polar surface area (TPSA) is 61.3 Å². The minimum absolute atomic E-state index is 0.0276. The highest BCUT2D eigenvalue weighted by molar-refractivity contribution is 5.38. The molecular weight excluding hydrogens is 224 g/mol. The first-order chi connectivity index (χ1) is 8.43. The third kappa shape index (κ3) is 3.72. The zero-order chi connectivity index (χ0) is 13.8. The van der Waals surface area contributed by atoms with Crippen molar-refractivity contribution < 1.29 is 4.74 Å². The number of rotatable bonds is 6. The van der Waals surface area contributed by atoms with Crippen LogP contribution in [0.4, 0.5) is 0 Å². The highest BCUT2D eigenvalue weighted by Crippen LogP contribution is 2.30. The van der Waals surface area contributed by atoms with Crippen LogP contribution in [0.25, 0.3) is 0 Å². The Balaban J connectivity index is 2.90. The molecular formula is C15H26N2O. The molecule has 0 heterocycles. The molecule has 0 aliphatic heterocycles. The van der Waals surface area contributed by atoms with Crippen molar-refractivity contribution >= 4 is 0 Å². The molecule has 1 rings (SSSR count). The third-order valence-electron chi connectivity index (χ3n) is 3.44. The summed E-state index contributed by atoms with van der Waals surface area (Å²) in [5, 5.41) is 0. The zero-order valence-corrected chi connectivity index (χ0v) is 12.0. The van der Waals surface area contributed by atoms with Crippen molar-refractivity contribution in [3.05, 3.63) is 29.3 Å². The van der Waals surface area contributed by atoms with Gasteiger partial charge in [0.1, 0.15) is 5.75 Å². The molecule has 4 N–H and O–H groups in total. The number of hydrogen-bond donors (Lipinski definition) is 2. The Morgan fingerprint density at radius 3 is 2.50 bits per heavy atom. The van der Waals surface area contributed by atoms with E-state index in [2.05, 4.69) is 32.9 Å².